The van der Waals surface area contributed by atoms with Crippen LogP contribution in [0.4, 0.5) is 0 Å². The second-order valence-electron chi connectivity index (χ2n) is 6.45. The monoisotopic (exact) mass is 376 g/mol. The summed E-state index contributed by atoms with van der Waals surface area (Å²) in [4.78, 5) is 4.61. The van der Waals surface area contributed by atoms with Crippen molar-refractivity contribution in [3.63, 3.8) is 0 Å². The van der Waals surface area contributed by atoms with E-state index in [2.05, 4.69) is 57.9 Å². The first-order chi connectivity index (χ1) is 13.1. The van der Waals surface area contributed by atoms with E-state index in [4.69, 9.17) is 4.42 Å². The van der Waals surface area contributed by atoms with Crippen molar-refractivity contribution in [3.8, 4) is 17.1 Å². The van der Waals surface area contributed by atoms with E-state index >= 15 is 0 Å². The lowest BCUT2D eigenvalue weighted by Gasteiger charge is -2.10. The second-order valence-corrected chi connectivity index (χ2v) is 7.39. The minimum Gasteiger partial charge on any atom is -0.444 e. The molecule has 0 radical (unpaired) electrons. The lowest BCUT2D eigenvalue weighted by molar-refractivity contribution is 0.573. The number of benzene rings is 2. The van der Waals surface area contributed by atoms with E-state index in [1.54, 1.807) is 18.0 Å². The maximum Gasteiger partial charge on any atom is 0.226 e. The van der Waals surface area contributed by atoms with Crippen LogP contribution in [0.3, 0.4) is 0 Å². The lowest BCUT2D eigenvalue weighted by atomic mass is 10.1. The second kappa shape index (κ2) is 7.40. The third kappa shape index (κ3) is 3.66. The molecule has 4 rings (SSSR count). The van der Waals surface area contributed by atoms with Gasteiger partial charge in [0.15, 0.2) is 5.16 Å². The van der Waals surface area contributed by atoms with E-state index in [-0.39, 0.29) is 0 Å². The highest BCUT2D eigenvalue weighted by Gasteiger charge is 2.14. The summed E-state index contributed by atoms with van der Waals surface area (Å²) in [5.41, 5.74) is 5.36. The van der Waals surface area contributed by atoms with Crippen LogP contribution in [0, 0.1) is 20.8 Å². The van der Waals surface area contributed by atoms with Gasteiger partial charge in [0.05, 0.1) is 11.4 Å². The highest BCUT2D eigenvalue weighted by Crippen LogP contribution is 2.27. The number of thioether (sulfide) groups is 1. The molecule has 5 nitrogen and oxygen atoms in total. The van der Waals surface area contributed by atoms with Crippen LogP contribution in [-0.2, 0) is 5.75 Å². The Morgan fingerprint density at radius 1 is 0.963 bits per heavy atom. The SMILES string of the molecule is Cc1ccc(-c2nc(CSc3nnc(C)n3-c3ccccc3C)co2)cc1. The first-order valence-electron chi connectivity index (χ1n) is 8.74. The topological polar surface area (TPSA) is 56.7 Å². The third-order valence-corrected chi connectivity index (χ3v) is 5.31. The van der Waals surface area contributed by atoms with Gasteiger partial charge in [0.2, 0.25) is 5.89 Å². The molecule has 0 atom stereocenters. The number of hydrogen-bond acceptors (Lipinski definition) is 5. The number of oxazole rings is 1. The highest BCUT2D eigenvalue weighted by atomic mass is 32.2. The summed E-state index contributed by atoms with van der Waals surface area (Å²) in [6, 6.07) is 16.4. The fourth-order valence-corrected chi connectivity index (χ4v) is 3.74. The van der Waals surface area contributed by atoms with Gasteiger partial charge in [-0.15, -0.1) is 10.2 Å². The molecular formula is C21H20N4OS. The van der Waals surface area contributed by atoms with Crippen molar-refractivity contribution in [1.29, 1.82) is 0 Å². The van der Waals surface area contributed by atoms with Crippen LogP contribution in [0.2, 0.25) is 0 Å². The third-order valence-electron chi connectivity index (χ3n) is 4.35. The van der Waals surface area contributed by atoms with Gasteiger partial charge in [-0.1, -0.05) is 47.7 Å². The van der Waals surface area contributed by atoms with Gasteiger partial charge < -0.3 is 4.42 Å². The summed E-state index contributed by atoms with van der Waals surface area (Å²) in [6.07, 6.45) is 1.71. The first kappa shape index (κ1) is 17.5. The smallest absolute Gasteiger partial charge is 0.226 e. The lowest BCUT2D eigenvalue weighted by Crippen LogP contribution is -2.01. The summed E-state index contributed by atoms with van der Waals surface area (Å²) in [6.45, 7) is 6.12. The zero-order valence-corrected chi connectivity index (χ0v) is 16.3. The van der Waals surface area contributed by atoms with Crippen LogP contribution in [0.5, 0.6) is 0 Å². The molecule has 0 aliphatic carbocycles. The summed E-state index contributed by atoms with van der Waals surface area (Å²) in [5, 5.41) is 9.44. The molecule has 27 heavy (non-hydrogen) atoms. The quantitative estimate of drug-likeness (QED) is 0.451. The van der Waals surface area contributed by atoms with Crippen LogP contribution in [0.1, 0.15) is 22.6 Å². The summed E-state index contributed by atoms with van der Waals surface area (Å²) >= 11 is 1.60. The first-order valence-corrected chi connectivity index (χ1v) is 9.72. The average Bonchev–Trinajstić information content (AvgIpc) is 3.28. The zero-order chi connectivity index (χ0) is 18.8. The Hall–Kier alpha value is -2.86. The average molecular weight is 376 g/mol. The molecule has 0 aliphatic heterocycles. The molecule has 0 fully saturated rings. The molecule has 136 valence electrons. The van der Waals surface area contributed by atoms with Crippen molar-refractivity contribution in [3.05, 3.63) is 77.4 Å². The van der Waals surface area contributed by atoms with E-state index in [1.807, 2.05) is 31.2 Å². The van der Waals surface area contributed by atoms with Gasteiger partial charge in [0.1, 0.15) is 12.1 Å². The van der Waals surface area contributed by atoms with Crippen LogP contribution < -0.4 is 0 Å². The Balaban J connectivity index is 1.54. The molecule has 2 aromatic heterocycles. The van der Waals surface area contributed by atoms with Gasteiger partial charge in [-0.25, -0.2) is 4.98 Å². The van der Waals surface area contributed by atoms with Gasteiger partial charge in [0.25, 0.3) is 0 Å². The summed E-state index contributed by atoms with van der Waals surface area (Å²) in [5.74, 6) is 2.17. The Bertz CT molecular complexity index is 1070. The van der Waals surface area contributed by atoms with E-state index in [1.165, 1.54) is 11.1 Å². The molecule has 2 aromatic carbocycles. The van der Waals surface area contributed by atoms with Crippen LogP contribution in [0.25, 0.3) is 17.1 Å². The van der Waals surface area contributed by atoms with E-state index < -0.39 is 0 Å². The van der Waals surface area contributed by atoms with Crippen molar-refractivity contribution in [1.82, 2.24) is 19.7 Å². The van der Waals surface area contributed by atoms with E-state index in [0.717, 1.165) is 27.9 Å². The van der Waals surface area contributed by atoms with Crippen LogP contribution in [-0.4, -0.2) is 19.7 Å². The maximum atomic E-state index is 5.65. The number of aryl methyl sites for hydroxylation is 3. The van der Waals surface area contributed by atoms with Crippen LogP contribution in [0.15, 0.2) is 64.4 Å². The highest BCUT2D eigenvalue weighted by molar-refractivity contribution is 7.98. The number of rotatable bonds is 5. The number of hydrogen-bond donors (Lipinski definition) is 0. The minimum atomic E-state index is 0.641. The fourth-order valence-electron chi connectivity index (χ4n) is 2.87. The van der Waals surface area contributed by atoms with Gasteiger partial charge in [-0.05, 0) is 44.5 Å². The predicted octanol–water partition coefficient (Wildman–Crippen LogP) is 5.14. The molecule has 2 heterocycles. The van der Waals surface area contributed by atoms with Crippen molar-refractivity contribution in [2.45, 2.75) is 31.7 Å². The Kier molecular flexibility index (Phi) is 4.81. The molecule has 4 aromatic rings. The predicted molar refractivity (Wildman–Crippen MR) is 107 cm³/mol. The largest absolute Gasteiger partial charge is 0.444 e. The maximum absolute atomic E-state index is 5.65. The molecule has 0 bridgehead atoms. The summed E-state index contributed by atoms with van der Waals surface area (Å²) < 4.78 is 7.74. The summed E-state index contributed by atoms with van der Waals surface area (Å²) in [7, 11) is 0. The Morgan fingerprint density at radius 3 is 2.52 bits per heavy atom. The molecule has 0 unspecified atom stereocenters. The van der Waals surface area contributed by atoms with Gasteiger partial charge in [0, 0.05) is 11.3 Å². The van der Waals surface area contributed by atoms with Crippen LogP contribution >= 0.6 is 11.8 Å². The normalized spacial score (nSPS) is 11.1. The van der Waals surface area contributed by atoms with Gasteiger partial charge in [-0.3, -0.25) is 4.57 Å². The fraction of sp³-hybridized carbons (Fsp3) is 0.190. The van der Waals surface area contributed by atoms with Crippen molar-refractivity contribution in [2.75, 3.05) is 0 Å². The van der Waals surface area contributed by atoms with Crippen molar-refractivity contribution < 1.29 is 4.42 Å². The van der Waals surface area contributed by atoms with E-state index in [9.17, 15) is 0 Å². The molecule has 0 amide bonds. The standard InChI is InChI=1S/C21H20N4OS/c1-14-8-10-17(11-9-14)20-22-18(12-26-20)13-27-21-24-23-16(3)25(21)19-7-5-4-6-15(19)2/h4-12H,13H2,1-3H3. The van der Waals surface area contributed by atoms with Crippen molar-refractivity contribution in [2.24, 2.45) is 0 Å². The van der Waals surface area contributed by atoms with Gasteiger partial charge >= 0.3 is 0 Å². The Morgan fingerprint density at radius 2 is 1.74 bits per heavy atom. The Labute approximate surface area is 162 Å². The number of para-hydroxylation sites is 1. The molecule has 0 N–H and O–H groups in total. The number of nitrogens with zero attached hydrogens (tertiary/aromatic N) is 4. The molecule has 0 spiro atoms. The van der Waals surface area contributed by atoms with Crippen molar-refractivity contribution >= 4 is 11.8 Å². The molecule has 0 saturated carbocycles. The molecule has 0 saturated heterocycles. The molecule has 0 aliphatic rings. The van der Waals surface area contributed by atoms with Gasteiger partial charge in [-0.2, -0.15) is 0 Å². The zero-order valence-electron chi connectivity index (χ0n) is 15.5. The molecule has 6 heteroatoms. The number of aromatic nitrogens is 4. The molecular weight excluding hydrogens is 356 g/mol. The minimum absolute atomic E-state index is 0.641. The van der Waals surface area contributed by atoms with E-state index in [0.29, 0.717) is 11.6 Å².